The van der Waals surface area contributed by atoms with Crippen LogP contribution in [0.5, 0.6) is 0 Å². The van der Waals surface area contributed by atoms with Crippen LogP contribution in [0, 0.1) is 0 Å². The predicted molar refractivity (Wildman–Crippen MR) is 84.5 cm³/mol. The second-order valence-electron chi connectivity index (χ2n) is 5.68. The molecule has 4 heteroatoms. The zero-order valence-corrected chi connectivity index (χ0v) is 13.5. The number of benzene rings is 1. The number of anilines is 1. The molecular weight excluding hydrogens is 266 g/mol. The molecule has 0 heterocycles. The van der Waals surface area contributed by atoms with Crippen LogP contribution in [0.1, 0.15) is 64.0 Å². The Morgan fingerprint density at radius 2 is 1.62 bits per heavy atom. The van der Waals surface area contributed by atoms with Gasteiger partial charge in [-0.3, -0.25) is 9.59 Å². The minimum absolute atomic E-state index is 0.239. The molecule has 4 nitrogen and oxygen atoms in total. The van der Waals surface area contributed by atoms with E-state index < -0.39 is 0 Å². The Morgan fingerprint density at radius 1 is 1.10 bits per heavy atom. The molecule has 1 aromatic carbocycles. The zero-order valence-electron chi connectivity index (χ0n) is 13.5. The van der Waals surface area contributed by atoms with Crippen LogP contribution in [-0.2, 0) is 14.3 Å². The second kappa shape index (κ2) is 7.81. The molecule has 0 bridgehead atoms. The van der Waals surface area contributed by atoms with Crippen LogP contribution in [0.3, 0.4) is 0 Å². The first-order valence-corrected chi connectivity index (χ1v) is 7.45. The molecule has 0 aliphatic heterocycles. The lowest BCUT2D eigenvalue weighted by Crippen LogP contribution is -2.22. The lowest BCUT2D eigenvalue weighted by molar-refractivity contribution is -0.146. The van der Waals surface area contributed by atoms with Crippen molar-refractivity contribution in [2.24, 2.45) is 0 Å². The molecule has 0 saturated heterocycles. The van der Waals surface area contributed by atoms with Crippen molar-refractivity contribution in [3.8, 4) is 0 Å². The standard InChI is InChI=1S/C17H25NO3/c1-6-16(20)21-10-15(19)18-17-13(11(2)3)8-7-9-14(17)12(4)5/h7-9,11-12H,6,10H2,1-5H3,(H,18,19). The van der Waals surface area contributed by atoms with Gasteiger partial charge in [0.15, 0.2) is 6.61 Å². The highest BCUT2D eigenvalue weighted by atomic mass is 16.5. The Morgan fingerprint density at radius 3 is 2.05 bits per heavy atom. The topological polar surface area (TPSA) is 55.4 Å². The highest BCUT2D eigenvalue weighted by Crippen LogP contribution is 2.32. The van der Waals surface area contributed by atoms with Gasteiger partial charge in [0.2, 0.25) is 0 Å². The molecule has 0 atom stereocenters. The summed E-state index contributed by atoms with van der Waals surface area (Å²) in [6, 6.07) is 6.05. The molecule has 0 radical (unpaired) electrons. The van der Waals surface area contributed by atoms with Crippen LogP contribution >= 0.6 is 0 Å². The fourth-order valence-electron chi connectivity index (χ4n) is 2.12. The molecule has 1 N–H and O–H groups in total. The van der Waals surface area contributed by atoms with Gasteiger partial charge in [-0.05, 0) is 23.0 Å². The molecule has 0 aliphatic rings. The monoisotopic (exact) mass is 291 g/mol. The Hall–Kier alpha value is -1.84. The van der Waals surface area contributed by atoms with Crippen molar-refractivity contribution < 1.29 is 14.3 Å². The largest absolute Gasteiger partial charge is 0.456 e. The number of rotatable bonds is 6. The van der Waals surface area contributed by atoms with Gasteiger partial charge in [-0.1, -0.05) is 52.8 Å². The molecule has 1 aromatic rings. The summed E-state index contributed by atoms with van der Waals surface area (Å²) in [6.45, 7) is 9.82. The molecule has 116 valence electrons. The number of nitrogens with one attached hydrogen (secondary N) is 1. The van der Waals surface area contributed by atoms with Crippen molar-refractivity contribution in [2.75, 3.05) is 11.9 Å². The van der Waals surface area contributed by atoms with E-state index in [9.17, 15) is 9.59 Å². The first kappa shape index (κ1) is 17.2. The van der Waals surface area contributed by atoms with E-state index in [4.69, 9.17) is 4.74 Å². The third-order valence-corrected chi connectivity index (χ3v) is 3.29. The highest BCUT2D eigenvalue weighted by molar-refractivity contribution is 5.94. The first-order valence-electron chi connectivity index (χ1n) is 7.45. The summed E-state index contributed by atoms with van der Waals surface area (Å²) >= 11 is 0. The number of hydrogen-bond acceptors (Lipinski definition) is 3. The van der Waals surface area contributed by atoms with Crippen LogP contribution in [0.4, 0.5) is 5.69 Å². The van der Waals surface area contributed by atoms with Crippen molar-refractivity contribution >= 4 is 17.6 Å². The molecule has 0 unspecified atom stereocenters. The molecule has 0 aromatic heterocycles. The van der Waals surface area contributed by atoms with E-state index in [0.29, 0.717) is 11.8 Å². The Labute approximate surface area is 126 Å². The van der Waals surface area contributed by atoms with Crippen LogP contribution in [0.25, 0.3) is 0 Å². The molecule has 0 fully saturated rings. The number of hydrogen-bond donors (Lipinski definition) is 1. The summed E-state index contributed by atoms with van der Waals surface area (Å²) in [5, 5.41) is 2.91. The Bertz CT molecular complexity index is 481. The van der Waals surface area contributed by atoms with E-state index in [2.05, 4.69) is 33.0 Å². The molecule has 1 amide bonds. The third kappa shape index (κ3) is 4.88. The normalized spacial score (nSPS) is 10.8. The second-order valence-corrected chi connectivity index (χ2v) is 5.68. The van der Waals surface area contributed by atoms with Gasteiger partial charge >= 0.3 is 5.97 Å². The Balaban J connectivity index is 2.94. The number of carbonyl (C=O) groups is 2. The summed E-state index contributed by atoms with van der Waals surface area (Å²) in [5.41, 5.74) is 3.03. The van der Waals surface area contributed by atoms with Gasteiger partial charge in [0, 0.05) is 12.1 Å². The van der Waals surface area contributed by atoms with Crippen LogP contribution < -0.4 is 5.32 Å². The van der Waals surface area contributed by atoms with Gasteiger partial charge in [0.1, 0.15) is 0 Å². The van der Waals surface area contributed by atoms with E-state index in [0.717, 1.165) is 16.8 Å². The minimum atomic E-state index is -0.369. The van der Waals surface area contributed by atoms with Gasteiger partial charge < -0.3 is 10.1 Å². The third-order valence-electron chi connectivity index (χ3n) is 3.29. The van der Waals surface area contributed by atoms with Crippen LogP contribution in [0.15, 0.2) is 18.2 Å². The van der Waals surface area contributed by atoms with Gasteiger partial charge in [-0.15, -0.1) is 0 Å². The smallest absolute Gasteiger partial charge is 0.306 e. The molecule has 1 rings (SSSR count). The molecule has 0 saturated carbocycles. The molecule has 21 heavy (non-hydrogen) atoms. The van der Waals surface area contributed by atoms with Crippen molar-refractivity contribution in [3.63, 3.8) is 0 Å². The maximum absolute atomic E-state index is 12.0. The highest BCUT2D eigenvalue weighted by Gasteiger charge is 2.16. The van der Waals surface area contributed by atoms with Gasteiger partial charge in [0.05, 0.1) is 0 Å². The summed E-state index contributed by atoms with van der Waals surface area (Å²) in [6.07, 6.45) is 0.271. The van der Waals surface area contributed by atoms with Crippen LogP contribution in [0.2, 0.25) is 0 Å². The maximum Gasteiger partial charge on any atom is 0.306 e. The first-order chi connectivity index (χ1) is 9.86. The van der Waals surface area contributed by atoms with Gasteiger partial charge in [-0.25, -0.2) is 0 Å². The summed E-state index contributed by atoms with van der Waals surface area (Å²) < 4.78 is 4.87. The Kier molecular flexibility index (Phi) is 6.40. The number of ether oxygens (including phenoxy) is 1. The van der Waals surface area contributed by atoms with Crippen molar-refractivity contribution in [1.82, 2.24) is 0 Å². The molecule has 0 aliphatic carbocycles. The van der Waals surface area contributed by atoms with Crippen molar-refractivity contribution in [1.29, 1.82) is 0 Å². The van der Waals surface area contributed by atoms with Crippen molar-refractivity contribution in [2.45, 2.75) is 52.9 Å². The average Bonchev–Trinajstić information content (AvgIpc) is 2.44. The minimum Gasteiger partial charge on any atom is -0.456 e. The number of amides is 1. The van der Waals surface area contributed by atoms with E-state index in [1.807, 2.05) is 18.2 Å². The quantitative estimate of drug-likeness (QED) is 0.810. The van der Waals surface area contributed by atoms with Gasteiger partial charge in [-0.2, -0.15) is 0 Å². The SMILES string of the molecule is CCC(=O)OCC(=O)Nc1c(C(C)C)cccc1C(C)C. The zero-order chi connectivity index (χ0) is 16.0. The van der Waals surface area contributed by atoms with Crippen molar-refractivity contribution in [3.05, 3.63) is 29.3 Å². The molecular formula is C17H25NO3. The van der Waals surface area contributed by atoms with E-state index in [1.165, 1.54) is 0 Å². The fraction of sp³-hybridized carbons (Fsp3) is 0.529. The van der Waals surface area contributed by atoms with E-state index >= 15 is 0 Å². The number of esters is 1. The lowest BCUT2D eigenvalue weighted by atomic mass is 9.92. The summed E-state index contributed by atoms with van der Waals surface area (Å²) in [7, 11) is 0. The van der Waals surface area contributed by atoms with Crippen LogP contribution in [-0.4, -0.2) is 18.5 Å². The van der Waals surface area contributed by atoms with Gasteiger partial charge in [0.25, 0.3) is 5.91 Å². The van der Waals surface area contributed by atoms with E-state index in [-0.39, 0.29) is 24.9 Å². The average molecular weight is 291 g/mol. The maximum atomic E-state index is 12.0. The number of carbonyl (C=O) groups excluding carboxylic acids is 2. The molecule has 0 spiro atoms. The van der Waals surface area contributed by atoms with E-state index in [1.54, 1.807) is 6.92 Å². The predicted octanol–water partition coefficient (Wildman–Crippen LogP) is 3.83. The summed E-state index contributed by atoms with van der Waals surface area (Å²) in [4.78, 5) is 23.1. The summed E-state index contributed by atoms with van der Waals surface area (Å²) in [5.74, 6) is -0.0624. The fourth-order valence-corrected chi connectivity index (χ4v) is 2.12. The number of para-hydroxylation sites is 1. The lowest BCUT2D eigenvalue weighted by Gasteiger charge is -2.20.